The summed E-state index contributed by atoms with van der Waals surface area (Å²) >= 11 is 12.5. The van der Waals surface area contributed by atoms with Crippen LogP contribution in [-0.4, -0.2) is 63.2 Å². The molecule has 0 bridgehead atoms. The van der Waals surface area contributed by atoms with E-state index in [-0.39, 0.29) is 22.3 Å². The normalized spacial score (nSPS) is 12.4. The van der Waals surface area contributed by atoms with Gasteiger partial charge in [-0.15, -0.1) is 0 Å². The van der Waals surface area contributed by atoms with Crippen molar-refractivity contribution in [1.82, 2.24) is 14.5 Å². The maximum Gasteiger partial charge on any atom is 0.304 e. The molecule has 0 saturated carbocycles. The van der Waals surface area contributed by atoms with Crippen LogP contribution in [0.3, 0.4) is 0 Å². The van der Waals surface area contributed by atoms with E-state index in [0.29, 0.717) is 9.87 Å². The van der Waals surface area contributed by atoms with Crippen LogP contribution >= 0.6 is 23.2 Å². The quantitative estimate of drug-likeness (QED) is 0.552. The van der Waals surface area contributed by atoms with Gasteiger partial charge < -0.3 is 10.2 Å². The second-order valence-corrected chi connectivity index (χ2v) is 10.1. The number of carbonyl (C=O) groups excluding carboxylic acids is 2. The zero-order valence-corrected chi connectivity index (χ0v) is 20.9. The SMILES string of the molecule is CNC(=O)C(C)N(Cc1c(Cl)cccc1Cl)C(=O)CN(c1ccccc1F)S(=O)(=O)N(C)C. The van der Waals surface area contributed by atoms with Crippen LogP contribution in [0.4, 0.5) is 10.1 Å². The number of anilines is 1. The van der Waals surface area contributed by atoms with Crippen LogP contribution in [0.5, 0.6) is 0 Å². The molecular formula is C21H25Cl2FN4O4S. The Balaban J connectivity index is 2.52. The second-order valence-electron chi connectivity index (χ2n) is 7.26. The zero-order chi connectivity index (χ0) is 24.9. The third-order valence-corrected chi connectivity index (χ3v) is 7.46. The van der Waals surface area contributed by atoms with E-state index >= 15 is 0 Å². The Bertz CT molecular complexity index is 1110. The van der Waals surface area contributed by atoms with E-state index in [1.807, 2.05) is 0 Å². The summed E-state index contributed by atoms with van der Waals surface area (Å²) in [7, 11) is -0.317. The summed E-state index contributed by atoms with van der Waals surface area (Å²) in [4.78, 5) is 26.9. The van der Waals surface area contributed by atoms with Crippen molar-refractivity contribution in [3.63, 3.8) is 0 Å². The van der Waals surface area contributed by atoms with Gasteiger partial charge in [-0.1, -0.05) is 41.4 Å². The molecule has 2 aromatic rings. The Morgan fingerprint density at radius 3 is 2.15 bits per heavy atom. The van der Waals surface area contributed by atoms with Gasteiger partial charge >= 0.3 is 10.2 Å². The standard InChI is InChI=1S/C21H25Cl2FN4O4S/c1-14(21(30)25-2)27(12-15-16(22)8-7-9-17(15)23)20(29)13-28(33(31,32)26(3)4)19-11-6-5-10-18(19)24/h5-11,14H,12-13H2,1-4H3,(H,25,30). The van der Waals surface area contributed by atoms with Crippen molar-refractivity contribution in [2.75, 3.05) is 32.0 Å². The third-order valence-electron chi connectivity index (χ3n) is 4.94. The van der Waals surface area contributed by atoms with E-state index < -0.39 is 40.4 Å². The zero-order valence-electron chi connectivity index (χ0n) is 18.5. The van der Waals surface area contributed by atoms with Crippen molar-refractivity contribution in [1.29, 1.82) is 0 Å². The predicted octanol–water partition coefficient (Wildman–Crippen LogP) is 2.91. The fourth-order valence-corrected chi connectivity index (χ4v) is 4.58. The maximum absolute atomic E-state index is 14.5. The Hall–Kier alpha value is -2.40. The number of nitrogens with zero attached hydrogens (tertiary/aromatic N) is 3. The number of nitrogens with one attached hydrogen (secondary N) is 1. The summed E-state index contributed by atoms with van der Waals surface area (Å²) < 4.78 is 42.0. The average Bonchev–Trinajstić information content (AvgIpc) is 2.76. The number of benzene rings is 2. The lowest BCUT2D eigenvalue weighted by Gasteiger charge is -2.33. The highest BCUT2D eigenvalue weighted by Gasteiger charge is 2.34. The maximum atomic E-state index is 14.5. The molecule has 2 amide bonds. The van der Waals surface area contributed by atoms with Crippen LogP contribution in [0.25, 0.3) is 0 Å². The van der Waals surface area contributed by atoms with Crippen LogP contribution in [0.2, 0.25) is 10.0 Å². The molecule has 12 heteroatoms. The predicted molar refractivity (Wildman–Crippen MR) is 127 cm³/mol. The van der Waals surface area contributed by atoms with Crippen molar-refractivity contribution in [3.05, 3.63) is 63.9 Å². The van der Waals surface area contributed by atoms with Crippen LogP contribution in [0, 0.1) is 5.82 Å². The van der Waals surface area contributed by atoms with Crippen molar-refractivity contribution < 1.29 is 22.4 Å². The molecule has 2 rings (SSSR count). The van der Waals surface area contributed by atoms with Gasteiger partial charge in [-0.05, 0) is 31.2 Å². The number of carbonyl (C=O) groups is 2. The van der Waals surface area contributed by atoms with Crippen LogP contribution in [-0.2, 0) is 26.3 Å². The number of hydrogen-bond donors (Lipinski definition) is 1. The number of likely N-dealkylation sites (N-methyl/N-ethyl adjacent to an activating group) is 1. The van der Waals surface area contributed by atoms with E-state index in [1.54, 1.807) is 18.2 Å². The van der Waals surface area contributed by atoms with E-state index in [0.717, 1.165) is 15.3 Å². The van der Waals surface area contributed by atoms with E-state index in [1.165, 1.54) is 46.3 Å². The largest absolute Gasteiger partial charge is 0.357 e. The molecule has 8 nitrogen and oxygen atoms in total. The van der Waals surface area contributed by atoms with Gasteiger partial charge in [0.1, 0.15) is 18.4 Å². The molecule has 0 aliphatic heterocycles. The van der Waals surface area contributed by atoms with Gasteiger partial charge in [-0.3, -0.25) is 9.59 Å². The van der Waals surface area contributed by atoms with Crippen molar-refractivity contribution in [2.45, 2.75) is 19.5 Å². The lowest BCUT2D eigenvalue weighted by molar-refractivity contribution is -0.139. The van der Waals surface area contributed by atoms with Gasteiger partial charge in [0.05, 0.1) is 5.69 Å². The first-order valence-electron chi connectivity index (χ1n) is 9.80. The minimum Gasteiger partial charge on any atom is -0.357 e. The van der Waals surface area contributed by atoms with Gasteiger partial charge in [0.25, 0.3) is 0 Å². The van der Waals surface area contributed by atoms with Crippen LogP contribution < -0.4 is 9.62 Å². The Labute approximate surface area is 203 Å². The molecule has 0 spiro atoms. The number of para-hydroxylation sites is 1. The Kier molecular flexibility index (Phi) is 9.07. The second kappa shape index (κ2) is 11.1. The molecule has 2 aromatic carbocycles. The Morgan fingerprint density at radius 2 is 1.64 bits per heavy atom. The van der Waals surface area contributed by atoms with Gasteiger partial charge in [0.15, 0.2) is 0 Å². The fraction of sp³-hybridized carbons (Fsp3) is 0.333. The number of amides is 2. The van der Waals surface area contributed by atoms with Crippen molar-refractivity contribution in [2.24, 2.45) is 0 Å². The first-order chi connectivity index (χ1) is 15.4. The monoisotopic (exact) mass is 518 g/mol. The average molecular weight is 519 g/mol. The lowest BCUT2D eigenvalue weighted by Crippen LogP contribution is -2.52. The molecule has 1 N–H and O–H groups in total. The van der Waals surface area contributed by atoms with E-state index in [2.05, 4.69) is 5.32 Å². The van der Waals surface area contributed by atoms with E-state index in [4.69, 9.17) is 23.2 Å². The first-order valence-corrected chi connectivity index (χ1v) is 12.0. The molecule has 180 valence electrons. The van der Waals surface area contributed by atoms with Crippen LogP contribution in [0.15, 0.2) is 42.5 Å². The third kappa shape index (κ3) is 6.14. The molecule has 33 heavy (non-hydrogen) atoms. The minimum atomic E-state index is -4.26. The number of hydrogen-bond acceptors (Lipinski definition) is 4. The molecule has 1 unspecified atom stereocenters. The molecule has 0 radical (unpaired) electrons. The summed E-state index contributed by atoms with van der Waals surface area (Å²) in [6, 6.07) is 8.99. The summed E-state index contributed by atoms with van der Waals surface area (Å²) in [6.45, 7) is 0.555. The number of rotatable bonds is 9. The molecule has 0 aliphatic rings. The molecule has 0 aromatic heterocycles. The van der Waals surface area contributed by atoms with Gasteiger partial charge in [0.2, 0.25) is 11.8 Å². The summed E-state index contributed by atoms with van der Waals surface area (Å²) in [5.74, 6) is -2.06. The highest BCUT2D eigenvalue weighted by molar-refractivity contribution is 7.90. The summed E-state index contributed by atoms with van der Waals surface area (Å²) in [6.07, 6.45) is 0. The molecule has 0 saturated heterocycles. The number of halogens is 3. The summed E-state index contributed by atoms with van der Waals surface area (Å²) in [5, 5.41) is 3.01. The van der Waals surface area contributed by atoms with Gasteiger partial charge in [-0.25, -0.2) is 8.70 Å². The smallest absolute Gasteiger partial charge is 0.304 e. The van der Waals surface area contributed by atoms with Crippen molar-refractivity contribution in [3.8, 4) is 0 Å². The van der Waals surface area contributed by atoms with Gasteiger partial charge in [0, 0.05) is 43.3 Å². The first kappa shape index (κ1) is 26.8. The topological polar surface area (TPSA) is 90.0 Å². The summed E-state index contributed by atoms with van der Waals surface area (Å²) in [5.41, 5.74) is 0.0840. The Morgan fingerprint density at radius 1 is 1.06 bits per heavy atom. The lowest BCUT2D eigenvalue weighted by atomic mass is 10.1. The molecule has 0 fully saturated rings. The highest BCUT2D eigenvalue weighted by atomic mass is 35.5. The minimum absolute atomic E-state index is 0.168. The van der Waals surface area contributed by atoms with Crippen molar-refractivity contribution >= 4 is 50.9 Å². The van der Waals surface area contributed by atoms with Gasteiger partial charge in [-0.2, -0.15) is 12.7 Å². The molecular weight excluding hydrogens is 494 g/mol. The highest BCUT2D eigenvalue weighted by Crippen LogP contribution is 2.28. The molecule has 1 atom stereocenters. The molecule has 0 aliphatic carbocycles. The molecule has 0 heterocycles. The fourth-order valence-electron chi connectivity index (χ4n) is 3.00. The van der Waals surface area contributed by atoms with Crippen LogP contribution in [0.1, 0.15) is 12.5 Å². The van der Waals surface area contributed by atoms with E-state index in [9.17, 15) is 22.4 Å².